The standard InChI is InChI=1S/C11H12N2O.C2H6/c1-2-11(14)13-10-7-12-9-6-4-3-5-8(9)10;1-2/h3-7,12H,2H2,1H3,(H,13,14);1-2H3. The number of carbonyl (C=O) groups is 1. The van der Waals surface area contributed by atoms with Gasteiger partial charge in [0.05, 0.1) is 5.69 Å². The molecule has 2 N–H and O–H groups in total. The Morgan fingerprint density at radius 3 is 2.69 bits per heavy atom. The first-order chi connectivity index (χ1) is 7.81. The molecular formula is C13H18N2O. The van der Waals surface area contributed by atoms with Crippen molar-refractivity contribution in [1.82, 2.24) is 4.98 Å². The predicted octanol–water partition coefficient (Wildman–Crippen LogP) is 3.54. The number of fused-ring (bicyclic) bond motifs is 1. The van der Waals surface area contributed by atoms with E-state index in [0.717, 1.165) is 16.6 Å². The summed E-state index contributed by atoms with van der Waals surface area (Å²) in [5, 5.41) is 3.89. The summed E-state index contributed by atoms with van der Waals surface area (Å²) in [4.78, 5) is 14.3. The number of benzene rings is 1. The van der Waals surface area contributed by atoms with Crippen molar-refractivity contribution in [1.29, 1.82) is 0 Å². The fraction of sp³-hybridized carbons (Fsp3) is 0.308. The topological polar surface area (TPSA) is 44.9 Å². The molecule has 0 aliphatic carbocycles. The maximum Gasteiger partial charge on any atom is 0.224 e. The highest BCUT2D eigenvalue weighted by Crippen LogP contribution is 2.22. The quantitative estimate of drug-likeness (QED) is 0.795. The van der Waals surface area contributed by atoms with Crippen molar-refractivity contribution in [3.8, 4) is 0 Å². The van der Waals surface area contributed by atoms with Crippen LogP contribution in [0.3, 0.4) is 0 Å². The molecule has 0 atom stereocenters. The van der Waals surface area contributed by atoms with E-state index >= 15 is 0 Å². The number of aromatic nitrogens is 1. The van der Waals surface area contributed by atoms with Crippen LogP contribution < -0.4 is 5.32 Å². The van der Waals surface area contributed by atoms with Crippen molar-refractivity contribution in [2.45, 2.75) is 27.2 Å². The van der Waals surface area contributed by atoms with Gasteiger partial charge in [0, 0.05) is 23.5 Å². The molecule has 0 saturated heterocycles. The lowest BCUT2D eigenvalue weighted by atomic mass is 10.2. The normalized spacial score (nSPS) is 9.44. The van der Waals surface area contributed by atoms with Crippen LogP contribution in [-0.4, -0.2) is 10.9 Å². The minimum absolute atomic E-state index is 0.0368. The second kappa shape index (κ2) is 5.95. The van der Waals surface area contributed by atoms with Gasteiger partial charge in [-0.05, 0) is 6.07 Å². The van der Waals surface area contributed by atoms with Crippen LogP contribution in [0, 0.1) is 0 Å². The highest BCUT2D eigenvalue weighted by atomic mass is 16.1. The highest BCUT2D eigenvalue weighted by molar-refractivity contribution is 6.01. The van der Waals surface area contributed by atoms with Crippen molar-refractivity contribution in [2.75, 3.05) is 5.32 Å². The van der Waals surface area contributed by atoms with E-state index in [1.165, 1.54) is 0 Å². The fourth-order valence-electron chi connectivity index (χ4n) is 1.41. The van der Waals surface area contributed by atoms with E-state index in [4.69, 9.17) is 0 Å². The van der Waals surface area contributed by atoms with Crippen molar-refractivity contribution >= 4 is 22.5 Å². The zero-order chi connectivity index (χ0) is 12.0. The molecule has 0 fully saturated rings. The maximum absolute atomic E-state index is 11.2. The Morgan fingerprint density at radius 2 is 2.00 bits per heavy atom. The number of H-pyrrole nitrogens is 1. The van der Waals surface area contributed by atoms with Gasteiger partial charge < -0.3 is 10.3 Å². The molecule has 1 aromatic heterocycles. The Balaban J connectivity index is 0.000000606. The van der Waals surface area contributed by atoms with Crippen molar-refractivity contribution in [3.05, 3.63) is 30.5 Å². The average molecular weight is 218 g/mol. The first kappa shape index (κ1) is 12.3. The fourth-order valence-corrected chi connectivity index (χ4v) is 1.41. The highest BCUT2D eigenvalue weighted by Gasteiger charge is 2.04. The number of nitrogens with one attached hydrogen (secondary N) is 2. The Kier molecular flexibility index (Phi) is 4.58. The van der Waals surface area contributed by atoms with Crippen LogP contribution in [0.4, 0.5) is 5.69 Å². The third-order valence-corrected chi connectivity index (χ3v) is 2.18. The molecule has 0 saturated carbocycles. The molecule has 1 aromatic carbocycles. The van der Waals surface area contributed by atoms with Crippen LogP contribution in [-0.2, 0) is 4.79 Å². The van der Waals surface area contributed by atoms with E-state index in [-0.39, 0.29) is 5.91 Å². The number of rotatable bonds is 2. The molecule has 0 aliphatic rings. The summed E-state index contributed by atoms with van der Waals surface area (Å²) < 4.78 is 0. The molecule has 0 bridgehead atoms. The number of amides is 1. The van der Waals surface area contributed by atoms with Gasteiger partial charge in [-0.1, -0.05) is 39.0 Å². The lowest BCUT2D eigenvalue weighted by molar-refractivity contribution is -0.115. The van der Waals surface area contributed by atoms with E-state index in [0.29, 0.717) is 6.42 Å². The zero-order valence-corrected chi connectivity index (χ0v) is 10.0. The molecule has 0 radical (unpaired) electrons. The van der Waals surface area contributed by atoms with E-state index in [2.05, 4.69) is 10.3 Å². The number of para-hydroxylation sites is 1. The van der Waals surface area contributed by atoms with Gasteiger partial charge in [0.2, 0.25) is 5.91 Å². The largest absolute Gasteiger partial charge is 0.359 e. The number of hydrogen-bond donors (Lipinski definition) is 2. The van der Waals surface area contributed by atoms with Crippen molar-refractivity contribution in [3.63, 3.8) is 0 Å². The van der Waals surface area contributed by atoms with Gasteiger partial charge in [0.1, 0.15) is 0 Å². The molecule has 1 heterocycles. The molecule has 2 rings (SSSR count). The molecule has 0 unspecified atom stereocenters. The van der Waals surface area contributed by atoms with Gasteiger partial charge in [-0.2, -0.15) is 0 Å². The zero-order valence-electron chi connectivity index (χ0n) is 10.0. The van der Waals surface area contributed by atoms with Gasteiger partial charge in [-0.15, -0.1) is 0 Å². The molecule has 1 amide bonds. The summed E-state index contributed by atoms with van der Waals surface area (Å²) in [5.41, 5.74) is 1.89. The van der Waals surface area contributed by atoms with Gasteiger partial charge in [0.15, 0.2) is 0 Å². The van der Waals surface area contributed by atoms with E-state index < -0.39 is 0 Å². The lowest BCUT2D eigenvalue weighted by Gasteiger charge is -2.00. The van der Waals surface area contributed by atoms with E-state index in [9.17, 15) is 4.79 Å². The van der Waals surface area contributed by atoms with Crippen LogP contribution in [0.5, 0.6) is 0 Å². The van der Waals surface area contributed by atoms with Crippen LogP contribution in [0.2, 0.25) is 0 Å². The summed E-state index contributed by atoms with van der Waals surface area (Å²) in [7, 11) is 0. The molecule has 3 heteroatoms. The summed E-state index contributed by atoms with van der Waals surface area (Å²) in [6.45, 7) is 5.84. The first-order valence-electron chi connectivity index (χ1n) is 5.67. The number of anilines is 1. The molecule has 3 nitrogen and oxygen atoms in total. The third-order valence-electron chi connectivity index (χ3n) is 2.18. The Hall–Kier alpha value is -1.77. The van der Waals surface area contributed by atoms with Crippen LogP contribution in [0.15, 0.2) is 30.5 Å². The van der Waals surface area contributed by atoms with Crippen molar-refractivity contribution < 1.29 is 4.79 Å². The molecular weight excluding hydrogens is 200 g/mol. The average Bonchev–Trinajstić information content (AvgIpc) is 2.75. The van der Waals surface area contributed by atoms with Crippen LogP contribution >= 0.6 is 0 Å². The van der Waals surface area contributed by atoms with Crippen LogP contribution in [0.1, 0.15) is 27.2 Å². The number of carbonyl (C=O) groups excluding carboxylic acids is 1. The summed E-state index contributed by atoms with van der Waals surface area (Å²) in [6, 6.07) is 7.88. The molecule has 0 spiro atoms. The SMILES string of the molecule is CC.CCC(=O)Nc1c[nH]c2ccccc12. The monoisotopic (exact) mass is 218 g/mol. The lowest BCUT2D eigenvalue weighted by Crippen LogP contribution is -2.08. The van der Waals surface area contributed by atoms with Crippen LogP contribution in [0.25, 0.3) is 10.9 Å². The molecule has 2 aromatic rings. The smallest absolute Gasteiger partial charge is 0.224 e. The van der Waals surface area contributed by atoms with Gasteiger partial charge in [-0.3, -0.25) is 4.79 Å². The molecule has 16 heavy (non-hydrogen) atoms. The number of aromatic amines is 1. The second-order valence-corrected chi connectivity index (χ2v) is 3.15. The van der Waals surface area contributed by atoms with Crippen molar-refractivity contribution in [2.24, 2.45) is 0 Å². The Morgan fingerprint density at radius 1 is 1.31 bits per heavy atom. The van der Waals surface area contributed by atoms with Gasteiger partial charge >= 0.3 is 0 Å². The predicted molar refractivity (Wildman–Crippen MR) is 68.6 cm³/mol. The first-order valence-corrected chi connectivity index (χ1v) is 5.67. The third kappa shape index (κ3) is 2.63. The molecule has 86 valence electrons. The van der Waals surface area contributed by atoms with Gasteiger partial charge in [-0.25, -0.2) is 0 Å². The number of hydrogen-bond acceptors (Lipinski definition) is 1. The Labute approximate surface area is 95.9 Å². The van der Waals surface area contributed by atoms with Gasteiger partial charge in [0.25, 0.3) is 0 Å². The van der Waals surface area contributed by atoms with E-state index in [1.807, 2.05) is 51.2 Å². The summed E-state index contributed by atoms with van der Waals surface area (Å²) >= 11 is 0. The van der Waals surface area contributed by atoms with E-state index in [1.54, 1.807) is 0 Å². The summed E-state index contributed by atoms with van der Waals surface area (Å²) in [5.74, 6) is 0.0368. The maximum atomic E-state index is 11.2. The Bertz CT molecular complexity index is 460. The molecule has 0 aliphatic heterocycles. The summed E-state index contributed by atoms with van der Waals surface area (Å²) in [6.07, 6.45) is 2.32. The second-order valence-electron chi connectivity index (χ2n) is 3.15. The minimum atomic E-state index is 0.0368. The minimum Gasteiger partial charge on any atom is -0.359 e.